The molecule has 0 saturated heterocycles. The van der Waals surface area contributed by atoms with Gasteiger partial charge in [-0.1, -0.05) is 35.3 Å². The van der Waals surface area contributed by atoms with E-state index in [1.54, 1.807) is 18.2 Å². The van der Waals surface area contributed by atoms with Crippen LogP contribution in [0.5, 0.6) is 5.75 Å². The summed E-state index contributed by atoms with van der Waals surface area (Å²) in [6, 6.07) is 13.0. The van der Waals surface area contributed by atoms with Crippen molar-refractivity contribution in [2.24, 2.45) is 5.73 Å². The molecule has 0 heterocycles. The van der Waals surface area contributed by atoms with Gasteiger partial charge in [-0.25, -0.2) is 0 Å². The molecule has 2 aromatic carbocycles. The molecule has 19 heavy (non-hydrogen) atoms. The van der Waals surface area contributed by atoms with E-state index >= 15 is 0 Å². The second-order valence-electron chi connectivity index (χ2n) is 4.39. The average molecular weight is 296 g/mol. The highest BCUT2D eigenvalue weighted by atomic mass is 35.5. The highest BCUT2D eigenvalue weighted by molar-refractivity contribution is 6.33. The van der Waals surface area contributed by atoms with Crippen LogP contribution in [0.4, 0.5) is 0 Å². The summed E-state index contributed by atoms with van der Waals surface area (Å²) in [5.74, 6) is 0.769. The van der Waals surface area contributed by atoms with Crippen LogP contribution in [0.2, 0.25) is 10.0 Å². The van der Waals surface area contributed by atoms with E-state index in [1.165, 1.54) is 0 Å². The predicted octanol–water partition coefficient (Wildman–Crippen LogP) is 4.59. The molecule has 2 rings (SSSR count). The molecule has 0 spiro atoms. The molecule has 0 bridgehead atoms. The first-order valence-electron chi connectivity index (χ1n) is 5.98. The lowest BCUT2D eigenvalue weighted by Gasteiger charge is -2.11. The van der Waals surface area contributed by atoms with E-state index < -0.39 is 0 Å². The topological polar surface area (TPSA) is 35.2 Å². The number of ether oxygens (including phenoxy) is 1. The van der Waals surface area contributed by atoms with Gasteiger partial charge in [-0.15, -0.1) is 0 Å². The van der Waals surface area contributed by atoms with Gasteiger partial charge in [-0.3, -0.25) is 0 Å². The van der Waals surface area contributed by atoms with E-state index in [1.807, 2.05) is 31.2 Å². The number of rotatable bonds is 4. The molecule has 2 nitrogen and oxygen atoms in total. The Bertz CT molecular complexity index is 570. The number of halogens is 2. The average Bonchev–Trinajstić information content (AvgIpc) is 2.40. The summed E-state index contributed by atoms with van der Waals surface area (Å²) in [6.45, 7) is 2.31. The third kappa shape index (κ3) is 3.87. The van der Waals surface area contributed by atoms with E-state index in [9.17, 15) is 0 Å². The van der Waals surface area contributed by atoms with Crippen LogP contribution in [-0.4, -0.2) is 0 Å². The van der Waals surface area contributed by atoms with Crippen LogP contribution >= 0.6 is 23.2 Å². The molecule has 0 aromatic heterocycles. The van der Waals surface area contributed by atoms with Gasteiger partial charge in [-0.2, -0.15) is 0 Å². The molecule has 0 aliphatic rings. The second kappa shape index (κ2) is 6.29. The lowest BCUT2D eigenvalue weighted by Crippen LogP contribution is -2.05. The maximum absolute atomic E-state index is 6.09. The van der Waals surface area contributed by atoms with Crippen LogP contribution in [0.3, 0.4) is 0 Å². The van der Waals surface area contributed by atoms with Crippen LogP contribution in [0, 0.1) is 0 Å². The molecule has 1 atom stereocenters. The number of hydrogen-bond acceptors (Lipinski definition) is 2. The van der Waals surface area contributed by atoms with Crippen molar-refractivity contribution in [2.75, 3.05) is 0 Å². The molecule has 0 aliphatic carbocycles. The van der Waals surface area contributed by atoms with Gasteiger partial charge in [0.15, 0.2) is 0 Å². The van der Waals surface area contributed by atoms with Gasteiger partial charge in [0.05, 0.1) is 0 Å². The molecule has 2 aromatic rings. The molecule has 0 amide bonds. The van der Waals surface area contributed by atoms with Crippen molar-refractivity contribution in [3.05, 3.63) is 63.6 Å². The molecular formula is C15H15Cl2NO. The van der Waals surface area contributed by atoms with Crippen molar-refractivity contribution in [3.8, 4) is 5.75 Å². The first-order chi connectivity index (χ1) is 9.06. The fourth-order valence-electron chi connectivity index (χ4n) is 1.70. The fourth-order valence-corrected chi connectivity index (χ4v) is 2.07. The monoisotopic (exact) mass is 295 g/mol. The normalized spacial score (nSPS) is 12.2. The first-order valence-corrected chi connectivity index (χ1v) is 6.74. The predicted molar refractivity (Wildman–Crippen MR) is 79.8 cm³/mol. The third-order valence-electron chi connectivity index (χ3n) is 2.79. The Hall–Kier alpha value is -1.22. The Balaban J connectivity index is 2.10. The van der Waals surface area contributed by atoms with Crippen LogP contribution < -0.4 is 10.5 Å². The maximum Gasteiger partial charge on any atom is 0.120 e. The Morgan fingerprint density at radius 1 is 1.16 bits per heavy atom. The zero-order valence-corrected chi connectivity index (χ0v) is 12.1. The third-order valence-corrected chi connectivity index (χ3v) is 3.39. The Morgan fingerprint density at radius 3 is 2.68 bits per heavy atom. The lowest BCUT2D eigenvalue weighted by atomic mass is 10.1. The minimum atomic E-state index is -0.0155. The van der Waals surface area contributed by atoms with Crippen LogP contribution in [0.25, 0.3) is 0 Å². The SMILES string of the molecule is C[C@H](N)c1cccc(OCc2cc(Cl)ccc2Cl)c1. The van der Waals surface area contributed by atoms with Crippen LogP contribution in [0.15, 0.2) is 42.5 Å². The van der Waals surface area contributed by atoms with Crippen molar-refractivity contribution >= 4 is 23.2 Å². The molecule has 4 heteroatoms. The minimum absolute atomic E-state index is 0.0155. The Kier molecular flexibility index (Phi) is 4.70. The summed E-state index contributed by atoms with van der Waals surface area (Å²) >= 11 is 12.0. The molecular weight excluding hydrogens is 281 g/mol. The summed E-state index contributed by atoms with van der Waals surface area (Å²) in [7, 11) is 0. The highest BCUT2D eigenvalue weighted by Crippen LogP contribution is 2.23. The summed E-state index contributed by atoms with van der Waals surface area (Å²) in [5.41, 5.74) is 7.74. The number of benzene rings is 2. The standard InChI is InChI=1S/C15H15Cl2NO/c1-10(18)11-3-2-4-14(8-11)19-9-12-7-13(16)5-6-15(12)17/h2-8,10H,9,18H2,1H3/t10-/m0/s1. The largest absolute Gasteiger partial charge is 0.489 e. The quantitative estimate of drug-likeness (QED) is 0.895. The number of nitrogens with two attached hydrogens (primary N) is 1. The first kappa shape index (κ1) is 14.2. The van der Waals surface area contributed by atoms with Gasteiger partial charge < -0.3 is 10.5 Å². The fraction of sp³-hybridized carbons (Fsp3) is 0.200. The van der Waals surface area contributed by atoms with Gasteiger partial charge in [0, 0.05) is 21.7 Å². The number of hydrogen-bond donors (Lipinski definition) is 1. The van der Waals surface area contributed by atoms with E-state index in [0.29, 0.717) is 16.7 Å². The summed E-state index contributed by atoms with van der Waals surface area (Å²) in [5, 5.41) is 1.29. The van der Waals surface area contributed by atoms with E-state index in [0.717, 1.165) is 16.9 Å². The van der Waals surface area contributed by atoms with Gasteiger partial charge in [0.25, 0.3) is 0 Å². The molecule has 0 unspecified atom stereocenters. The van der Waals surface area contributed by atoms with E-state index in [-0.39, 0.29) is 6.04 Å². The van der Waals surface area contributed by atoms with Crippen molar-refractivity contribution in [1.82, 2.24) is 0 Å². The minimum Gasteiger partial charge on any atom is -0.489 e. The Labute approximate surface area is 123 Å². The molecule has 0 radical (unpaired) electrons. The van der Waals surface area contributed by atoms with Crippen molar-refractivity contribution in [3.63, 3.8) is 0 Å². The van der Waals surface area contributed by atoms with Crippen LogP contribution in [0.1, 0.15) is 24.1 Å². The van der Waals surface area contributed by atoms with Gasteiger partial charge in [-0.05, 0) is 42.8 Å². The molecule has 100 valence electrons. The summed E-state index contributed by atoms with van der Waals surface area (Å²) < 4.78 is 5.72. The van der Waals surface area contributed by atoms with E-state index in [4.69, 9.17) is 33.7 Å². The molecule has 0 aliphatic heterocycles. The van der Waals surface area contributed by atoms with Gasteiger partial charge >= 0.3 is 0 Å². The van der Waals surface area contributed by atoms with Crippen LogP contribution in [-0.2, 0) is 6.61 Å². The van der Waals surface area contributed by atoms with Crippen molar-refractivity contribution in [1.29, 1.82) is 0 Å². The molecule has 2 N–H and O–H groups in total. The molecule has 0 fully saturated rings. The van der Waals surface area contributed by atoms with Crippen molar-refractivity contribution < 1.29 is 4.74 Å². The lowest BCUT2D eigenvalue weighted by molar-refractivity contribution is 0.306. The maximum atomic E-state index is 6.09. The highest BCUT2D eigenvalue weighted by Gasteiger charge is 2.04. The Morgan fingerprint density at radius 2 is 1.95 bits per heavy atom. The zero-order chi connectivity index (χ0) is 13.8. The summed E-state index contributed by atoms with van der Waals surface area (Å²) in [4.78, 5) is 0. The van der Waals surface area contributed by atoms with Gasteiger partial charge in [0.2, 0.25) is 0 Å². The molecule has 0 saturated carbocycles. The smallest absolute Gasteiger partial charge is 0.120 e. The second-order valence-corrected chi connectivity index (χ2v) is 5.23. The van der Waals surface area contributed by atoms with E-state index in [2.05, 4.69) is 0 Å². The zero-order valence-electron chi connectivity index (χ0n) is 10.6. The van der Waals surface area contributed by atoms with Gasteiger partial charge in [0.1, 0.15) is 12.4 Å². The van der Waals surface area contributed by atoms with Crippen molar-refractivity contribution in [2.45, 2.75) is 19.6 Å². The summed E-state index contributed by atoms with van der Waals surface area (Å²) in [6.07, 6.45) is 0.